The number of fused-ring (bicyclic) bond motifs is 1. The second-order valence-corrected chi connectivity index (χ2v) is 5.93. The summed E-state index contributed by atoms with van der Waals surface area (Å²) in [6, 6.07) is 25.3. The van der Waals surface area contributed by atoms with Gasteiger partial charge in [-0.2, -0.15) is 0 Å². The minimum Gasteiger partial charge on any atom is -0.360 e. The Kier molecular flexibility index (Phi) is 3.59. The molecule has 0 bridgehead atoms. The molecule has 0 N–H and O–H groups in total. The van der Waals surface area contributed by atoms with Gasteiger partial charge in [0.2, 0.25) is 0 Å². The molecule has 0 aromatic heterocycles. The van der Waals surface area contributed by atoms with Crippen molar-refractivity contribution in [1.29, 1.82) is 0 Å². The molecule has 0 amide bonds. The molecule has 0 spiro atoms. The predicted octanol–water partition coefficient (Wildman–Crippen LogP) is 5.75. The number of hydrogen-bond donors (Lipinski definition) is 0. The van der Waals surface area contributed by atoms with Crippen LogP contribution in [0, 0.1) is 0 Å². The van der Waals surface area contributed by atoms with Crippen molar-refractivity contribution in [2.45, 2.75) is 18.6 Å². The smallest absolute Gasteiger partial charge is 0.112 e. The van der Waals surface area contributed by atoms with E-state index in [1.807, 2.05) is 18.2 Å². The topological polar surface area (TPSA) is 9.23 Å². The van der Waals surface area contributed by atoms with Gasteiger partial charge in [0, 0.05) is 12.0 Å². The second kappa shape index (κ2) is 5.89. The third-order valence-corrected chi connectivity index (χ3v) is 4.50. The molecule has 1 heterocycles. The van der Waals surface area contributed by atoms with Crippen LogP contribution in [-0.4, -0.2) is 0 Å². The molecule has 1 aliphatic heterocycles. The van der Waals surface area contributed by atoms with E-state index in [4.69, 9.17) is 4.74 Å². The van der Waals surface area contributed by atoms with Gasteiger partial charge in [-0.15, -0.1) is 5.73 Å². The van der Waals surface area contributed by atoms with Gasteiger partial charge in [0.25, 0.3) is 0 Å². The van der Waals surface area contributed by atoms with E-state index in [1.165, 1.54) is 21.9 Å². The molecule has 2 unspecified atom stereocenters. The summed E-state index contributed by atoms with van der Waals surface area (Å²) in [6.07, 6.45) is 0.876. The average molecular weight is 298 g/mol. The Hall–Kier alpha value is -2.60. The average Bonchev–Trinajstić information content (AvgIpc) is 3.06. The normalized spacial score (nSPS) is 20.6. The van der Waals surface area contributed by atoms with Crippen molar-refractivity contribution in [3.63, 3.8) is 0 Å². The molecule has 1 saturated heterocycles. The van der Waals surface area contributed by atoms with Crippen molar-refractivity contribution >= 4 is 10.8 Å². The van der Waals surface area contributed by atoms with Crippen LogP contribution < -0.4 is 0 Å². The van der Waals surface area contributed by atoms with E-state index >= 15 is 0 Å². The number of ether oxygens (including phenoxy) is 1. The highest BCUT2D eigenvalue weighted by Gasteiger charge is 2.32. The molecule has 4 rings (SSSR count). The standard InChI is InChI=1S/C22H18O/c1-2-16-15-21(23-22(16)18-9-4-3-5-10-18)20-13-12-17-8-6-7-11-19(17)14-20/h3-14,21-22H,1,15H2. The van der Waals surface area contributed by atoms with Crippen molar-refractivity contribution in [2.24, 2.45) is 0 Å². The monoisotopic (exact) mass is 298 g/mol. The van der Waals surface area contributed by atoms with Gasteiger partial charge >= 0.3 is 0 Å². The molecule has 0 aliphatic carbocycles. The number of benzene rings is 3. The molecular weight excluding hydrogens is 280 g/mol. The van der Waals surface area contributed by atoms with Crippen LogP contribution in [-0.2, 0) is 4.74 Å². The summed E-state index contributed by atoms with van der Waals surface area (Å²) in [5.74, 6) is 0. The molecule has 0 radical (unpaired) electrons. The minimum absolute atomic E-state index is 0.0369. The van der Waals surface area contributed by atoms with Gasteiger partial charge in [0.1, 0.15) is 6.10 Å². The maximum Gasteiger partial charge on any atom is 0.112 e. The Labute approximate surface area is 136 Å². The van der Waals surface area contributed by atoms with Crippen LogP contribution in [0.3, 0.4) is 0 Å². The molecule has 1 nitrogen and oxygen atoms in total. The quantitative estimate of drug-likeness (QED) is 0.547. The first-order valence-electron chi connectivity index (χ1n) is 7.93. The van der Waals surface area contributed by atoms with Crippen molar-refractivity contribution in [1.82, 2.24) is 0 Å². The van der Waals surface area contributed by atoms with Gasteiger partial charge < -0.3 is 4.74 Å². The van der Waals surface area contributed by atoms with E-state index in [0.29, 0.717) is 0 Å². The summed E-state index contributed by atoms with van der Waals surface area (Å²) >= 11 is 0. The summed E-state index contributed by atoms with van der Waals surface area (Å²) in [7, 11) is 0. The summed E-state index contributed by atoms with van der Waals surface area (Å²) in [6.45, 7) is 3.85. The Morgan fingerprint density at radius 3 is 2.35 bits per heavy atom. The van der Waals surface area contributed by atoms with Crippen LogP contribution in [0.1, 0.15) is 29.8 Å². The lowest BCUT2D eigenvalue weighted by Crippen LogP contribution is -2.00. The maximum atomic E-state index is 6.35. The van der Waals surface area contributed by atoms with Gasteiger partial charge in [0.15, 0.2) is 0 Å². The highest BCUT2D eigenvalue weighted by molar-refractivity contribution is 5.83. The lowest BCUT2D eigenvalue weighted by atomic mass is 9.98. The van der Waals surface area contributed by atoms with Crippen LogP contribution in [0.4, 0.5) is 0 Å². The lowest BCUT2D eigenvalue weighted by Gasteiger charge is -2.14. The van der Waals surface area contributed by atoms with E-state index in [2.05, 4.69) is 66.9 Å². The fourth-order valence-corrected chi connectivity index (χ4v) is 3.28. The second-order valence-electron chi connectivity index (χ2n) is 5.93. The Morgan fingerprint density at radius 1 is 0.826 bits per heavy atom. The Morgan fingerprint density at radius 2 is 1.57 bits per heavy atom. The van der Waals surface area contributed by atoms with Crippen molar-refractivity contribution in [3.8, 4) is 0 Å². The molecule has 2 atom stereocenters. The van der Waals surface area contributed by atoms with Crippen molar-refractivity contribution in [2.75, 3.05) is 0 Å². The third-order valence-electron chi connectivity index (χ3n) is 4.50. The Balaban J connectivity index is 1.68. The van der Waals surface area contributed by atoms with Crippen LogP contribution in [0.5, 0.6) is 0 Å². The predicted molar refractivity (Wildman–Crippen MR) is 94.2 cm³/mol. The fraction of sp³-hybridized carbons (Fsp3) is 0.136. The molecule has 3 aromatic carbocycles. The number of rotatable bonds is 2. The molecule has 1 heteroatoms. The zero-order valence-corrected chi connectivity index (χ0v) is 12.9. The van der Waals surface area contributed by atoms with Crippen LogP contribution in [0.25, 0.3) is 10.8 Å². The largest absolute Gasteiger partial charge is 0.360 e. The van der Waals surface area contributed by atoms with Crippen LogP contribution in [0.2, 0.25) is 0 Å². The van der Waals surface area contributed by atoms with Crippen molar-refractivity contribution < 1.29 is 4.74 Å². The first-order chi connectivity index (χ1) is 11.3. The molecular formula is C22H18O. The maximum absolute atomic E-state index is 6.35. The third kappa shape index (κ3) is 2.61. The SMILES string of the molecule is C=C=C1CC(c2ccc3ccccc3c2)OC1c1ccccc1. The zero-order chi connectivity index (χ0) is 15.6. The van der Waals surface area contributed by atoms with Gasteiger partial charge in [0.05, 0.1) is 6.10 Å². The van der Waals surface area contributed by atoms with E-state index in [9.17, 15) is 0 Å². The first kappa shape index (κ1) is 14.0. The van der Waals surface area contributed by atoms with Gasteiger partial charge in [-0.05, 0) is 28.0 Å². The Bertz CT molecular complexity index is 888. The molecule has 1 fully saturated rings. The highest BCUT2D eigenvalue weighted by Crippen LogP contribution is 2.44. The van der Waals surface area contributed by atoms with E-state index < -0.39 is 0 Å². The molecule has 1 aliphatic rings. The van der Waals surface area contributed by atoms with E-state index in [1.54, 1.807) is 0 Å². The summed E-state index contributed by atoms with van der Waals surface area (Å²) < 4.78 is 6.35. The first-order valence-corrected chi connectivity index (χ1v) is 7.93. The minimum atomic E-state index is -0.0369. The van der Waals surface area contributed by atoms with Gasteiger partial charge in [-0.3, -0.25) is 0 Å². The molecule has 23 heavy (non-hydrogen) atoms. The fourth-order valence-electron chi connectivity index (χ4n) is 3.28. The molecule has 3 aromatic rings. The summed E-state index contributed by atoms with van der Waals surface area (Å²) in [5.41, 5.74) is 6.61. The van der Waals surface area contributed by atoms with Crippen molar-refractivity contribution in [3.05, 3.63) is 102 Å². The van der Waals surface area contributed by atoms with Crippen LogP contribution in [0.15, 0.2) is 90.7 Å². The lowest BCUT2D eigenvalue weighted by molar-refractivity contribution is 0.0517. The van der Waals surface area contributed by atoms with E-state index in [-0.39, 0.29) is 12.2 Å². The molecule has 0 saturated carbocycles. The van der Waals surface area contributed by atoms with E-state index in [0.717, 1.165) is 12.0 Å². The summed E-state index contributed by atoms with van der Waals surface area (Å²) in [4.78, 5) is 0. The highest BCUT2D eigenvalue weighted by atomic mass is 16.5. The zero-order valence-electron chi connectivity index (χ0n) is 12.9. The summed E-state index contributed by atoms with van der Waals surface area (Å²) in [5, 5.41) is 2.51. The van der Waals surface area contributed by atoms with Crippen LogP contribution >= 0.6 is 0 Å². The van der Waals surface area contributed by atoms with Gasteiger partial charge in [-0.25, -0.2) is 0 Å². The van der Waals surface area contributed by atoms with Gasteiger partial charge in [-0.1, -0.05) is 73.3 Å². The number of hydrogen-bond acceptors (Lipinski definition) is 1. The molecule has 112 valence electrons.